The third kappa shape index (κ3) is 5.57. The number of amides is 1. The first kappa shape index (κ1) is 15.8. The van der Waals surface area contributed by atoms with Gasteiger partial charge >= 0.3 is 5.97 Å². The molecule has 0 aliphatic carbocycles. The van der Waals surface area contributed by atoms with Crippen LogP contribution in [0, 0.1) is 12.3 Å². The predicted octanol–water partition coefficient (Wildman–Crippen LogP) is 2.24. The van der Waals surface area contributed by atoms with Crippen molar-refractivity contribution in [3.8, 4) is 12.3 Å². The van der Waals surface area contributed by atoms with E-state index in [1.807, 2.05) is 0 Å². The number of carboxylic acid groups (broad SMARTS) is 1. The number of carbonyl (C=O) groups excluding carboxylic acids is 1. The Morgan fingerprint density at radius 1 is 1.25 bits per heavy atom. The van der Waals surface area contributed by atoms with Gasteiger partial charge in [0.05, 0.1) is 5.56 Å². The lowest BCUT2D eigenvalue weighted by Gasteiger charge is -2.07. The van der Waals surface area contributed by atoms with Crippen molar-refractivity contribution in [3.05, 3.63) is 35.4 Å². The van der Waals surface area contributed by atoms with Crippen molar-refractivity contribution in [3.63, 3.8) is 0 Å². The van der Waals surface area contributed by atoms with Gasteiger partial charge in [0.1, 0.15) is 0 Å². The molecule has 0 radical (unpaired) electrons. The van der Waals surface area contributed by atoms with Crippen LogP contribution in [0.15, 0.2) is 24.3 Å². The van der Waals surface area contributed by atoms with Crippen molar-refractivity contribution in [2.45, 2.75) is 32.1 Å². The van der Waals surface area contributed by atoms with Crippen LogP contribution in [0.1, 0.15) is 41.6 Å². The van der Waals surface area contributed by atoms with E-state index in [9.17, 15) is 9.59 Å². The number of aromatic carboxylic acids is 1. The Morgan fingerprint density at radius 3 is 2.70 bits per heavy atom. The summed E-state index contributed by atoms with van der Waals surface area (Å²) < 4.78 is 0. The zero-order valence-corrected chi connectivity index (χ0v) is 11.4. The van der Waals surface area contributed by atoms with Crippen LogP contribution in [0.25, 0.3) is 0 Å². The Bertz CT molecular complexity index is 503. The highest BCUT2D eigenvalue weighted by Crippen LogP contribution is 2.09. The minimum atomic E-state index is -0.943. The zero-order chi connectivity index (χ0) is 14.8. The molecule has 4 heteroatoms. The van der Waals surface area contributed by atoms with Gasteiger partial charge in [-0.15, -0.1) is 12.3 Å². The SMILES string of the molecule is C#CCCCCC(=O)NCCc1ccccc1C(=O)O. The highest BCUT2D eigenvalue weighted by Gasteiger charge is 2.08. The fraction of sp³-hybridized carbons (Fsp3) is 0.375. The highest BCUT2D eigenvalue weighted by atomic mass is 16.4. The fourth-order valence-corrected chi connectivity index (χ4v) is 1.88. The second-order valence-corrected chi connectivity index (χ2v) is 4.47. The first-order valence-corrected chi connectivity index (χ1v) is 6.66. The standard InChI is InChI=1S/C16H19NO3/c1-2-3-4-5-10-15(18)17-12-11-13-8-6-7-9-14(13)16(19)20/h1,6-9H,3-5,10-12H2,(H,17,18)(H,19,20). The monoisotopic (exact) mass is 273 g/mol. The molecule has 1 aromatic rings. The van der Waals surface area contributed by atoms with E-state index in [2.05, 4.69) is 11.2 Å². The van der Waals surface area contributed by atoms with Gasteiger partial charge in [0.2, 0.25) is 5.91 Å². The molecule has 0 bridgehead atoms. The number of hydrogen-bond acceptors (Lipinski definition) is 2. The molecule has 0 aliphatic rings. The number of unbranched alkanes of at least 4 members (excludes halogenated alkanes) is 2. The maximum atomic E-state index is 11.5. The number of rotatable bonds is 8. The van der Waals surface area contributed by atoms with Crippen molar-refractivity contribution in [1.29, 1.82) is 0 Å². The minimum Gasteiger partial charge on any atom is -0.478 e. The molecule has 0 aliphatic heterocycles. The van der Waals surface area contributed by atoms with Crippen LogP contribution in [-0.2, 0) is 11.2 Å². The molecule has 20 heavy (non-hydrogen) atoms. The first-order chi connectivity index (χ1) is 9.65. The molecule has 0 atom stereocenters. The van der Waals surface area contributed by atoms with Gasteiger partial charge in [-0.25, -0.2) is 4.79 Å². The van der Waals surface area contributed by atoms with Gasteiger partial charge in [-0.1, -0.05) is 18.2 Å². The third-order valence-corrected chi connectivity index (χ3v) is 2.94. The summed E-state index contributed by atoms with van der Waals surface area (Å²) >= 11 is 0. The van der Waals surface area contributed by atoms with Crippen LogP contribution in [0.2, 0.25) is 0 Å². The van der Waals surface area contributed by atoms with Crippen molar-refractivity contribution in [2.75, 3.05) is 6.54 Å². The highest BCUT2D eigenvalue weighted by molar-refractivity contribution is 5.89. The molecule has 0 unspecified atom stereocenters. The molecule has 0 aromatic heterocycles. The van der Waals surface area contributed by atoms with E-state index in [0.717, 1.165) is 18.4 Å². The average Bonchev–Trinajstić information content (AvgIpc) is 2.44. The summed E-state index contributed by atoms with van der Waals surface area (Å²) in [5.74, 6) is 1.57. The minimum absolute atomic E-state index is 0.0187. The molecule has 2 N–H and O–H groups in total. The third-order valence-electron chi connectivity index (χ3n) is 2.94. The summed E-state index contributed by atoms with van der Waals surface area (Å²) in [6, 6.07) is 6.82. The smallest absolute Gasteiger partial charge is 0.335 e. The molecule has 0 saturated heterocycles. The van der Waals surface area contributed by atoms with E-state index in [-0.39, 0.29) is 11.5 Å². The van der Waals surface area contributed by atoms with Crippen molar-refractivity contribution < 1.29 is 14.7 Å². The van der Waals surface area contributed by atoms with E-state index in [4.69, 9.17) is 11.5 Å². The number of carboxylic acids is 1. The summed E-state index contributed by atoms with van der Waals surface area (Å²) in [6.07, 6.45) is 8.43. The molecule has 106 valence electrons. The number of carbonyl (C=O) groups is 2. The molecule has 0 heterocycles. The molecule has 0 spiro atoms. The first-order valence-electron chi connectivity index (χ1n) is 6.66. The fourth-order valence-electron chi connectivity index (χ4n) is 1.88. The molecule has 4 nitrogen and oxygen atoms in total. The maximum absolute atomic E-state index is 11.5. The molecular weight excluding hydrogens is 254 g/mol. The Morgan fingerprint density at radius 2 is 2.00 bits per heavy atom. The normalized spacial score (nSPS) is 9.75. The Labute approximate surface area is 119 Å². The van der Waals surface area contributed by atoms with E-state index < -0.39 is 5.97 Å². The largest absolute Gasteiger partial charge is 0.478 e. The Balaban J connectivity index is 2.32. The predicted molar refractivity (Wildman–Crippen MR) is 77.4 cm³/mol. The number of hydrogen-bond donors (Lipinski definition) is 2. The number of terminal acetylenes is 1. The second-order valence-electron chi connectivity index (χ2n) is 4.47. The zero-order valence-electron chi connectivity index (χ0n) is 11.4. The topological polar surface area (TPSA) is 66.4 Å². The summed E-state index contributed by atoms with van der Waals surface area (Å²) in [7, 11) is 0. The Kier molecular flexibility index (Phi) is 6.91. The number of nitrogens with one attached hydrogen (secondary N) is 1. The maximum Gasteiger partial charge on any atom is 0.335 e. The summed E-state index contributed by atoms with van der Waals surface area (Å²) in [4.78, 5) is 22.6. The van der Waals surface area contributed by atoms with Gasteiger partial charge < -0.3 is 10.4 Å². The van der Waals surface area contributed by atoms with Crippen LogP contribution in [0.5, 0.6) is 0 Å². The van der Waals surface area contributed by atoms with Crippen LogP contribution < -0.4 is 5.32 Å². The van der Waals surface area contributed by atoms with Gasteiger partial charge in [0.15, 0.2) is 0 Å². The molecular formula is C16H19NO3. The molecule has 1 rings (SSSR count). The molecule has 0 saturated carbocycles. The average molecular weight is 273 g/mol. The van der Waals surface area contributed by atoms with Gasteiger partial charge in [0, 0.05) is 19.4 Å². The van der Waals surface area contributed by atoms with Gasteiger partial charge in [-0.3, -0.25) is 4.79 Å². The lowest BCUT2D eigenvalue weighted by molar-refractivity contribution is -0.121. The lowest BCUT2D eigenvalue weighted by Crippen LogP contribution is -2.25. The van der Waals surface area contributed by atoms with Gasteiger partial charge in [-0.2, -0.15) is 0 Å². The van der Waals surface area contributed by atoms with Crippen molar-refractivity contribution in [1.82, 2.24) is 5.32 Å². The molecule has 1 amide bonds. The van der Waals surface area contributed by atoms with E-state index in [0.29, 0.717) is 25.8 Å². The quantitative estimate of drug-likeness (QED) is 0.564. The molecule has 1 aromatic carbocycles. The Hall–Kier alpha value is -2.28. The lowest BCUT2D eigenvalue weighted by atomic mass is 10.0. The van der Waals surface area contributed by atoms with Crippen LogP contribution in [0.3, 0.4) is 0 Å². The van der Waals surface area contributed by atoms with Crippen LogP contribution >= 0.6 is 0 Å². The summed E-state index contributed by atoms with van der Waals surface area (Å²) in [5.41, 5.74) is 1.02. The van der Waals surface area contributed by atoms with Gasteiger partial charge in [0.25, 0.3) is 0 Å². The van der Waals surface area contributed by atoms with E-state index in [1.165, 1.54) is 0 Å². The molecule has 0 fully saturated rings. The number of benzene rings is 1. The summed E-state index contributed by atoms with van der Waals surface area (Å²) in [6.45, 7) is 0.443. The second kappa shape index (κ2) is 8.76. The van der Waals surface area contributed by atoms with Crippen molar-refractivity contribution >= 4 is 11.9 Å². The van der Waals surface area contributed by atoms with Gasteiger partial charge in [-0.05, 0) is 30.9 Å². The van der Waals surface area contributed by atoms with E-state index in [1.54, 1.807) is 24.3 Å². The van der Waals surface area contributed by atoms with Crippen LogP contribution in [-0.4, -0.2) is 23.5 Å². The summed E-state index contributed by atoms with van der Waals surface area (Å²) in [5, 5.41) is 11.8. The van der Waals surface area contributed by atoms with Crippen LogP contribution in [0.4, 0.5) is 0 Å². The van der Waals surface area contributed by atoms with E-state index >= 15 is 0 Å². The van der Waals surface area contributed by atoms with Crippen molar-refractivity contribution in [2.24, 2.45) is 0 Å².